The van der Waals surface area contributed by atoms with Crippen molar-refractivity contribution in [1.29, 1.82) is 0 Å². The van der Waals surface area contributed by atoms with Crippen LogP contribution in [0.2, 0.25) is 0 Å². The van der Waals surface area contributed by atoms with Crippen molar-refractivity contribution in [2.45, 2.75) is 33.2 Å². The maximum absolute atomic E-state index is 12.5. The van der Waals surface area contributed by atoms with Crippen molar-refractivity contribution < 1.29 is 4.79 Å². The normalized spacial score (nSPS) is 11.1. The van der Waals surface area contributed by atoms with E-state index in [0.29, 0.717) is 30.4 Å². The predicted octanol–water partition coefficient (Wildman–Crippen LogP) is 2.40. The van der Waals surface area contributed by atoms with Gasteiger partial charge in [0, 0.05) is 37.0 Å². The summed E-state index contributed by atoms with van der Waals surface area (Å²) in [5.74, 6) is -0.107. The number of aryl methyl sites for hydroxylation is 3. The first kappa shape index (κ1) is 20.0. The van der Waals surface area contributed by atoms with E-state index < -0.39 is 0 Å². The van der Waals surface area contributed by atoms with Gasteiger partial charge in [0.25, 0.3) is 5.56 Å². The summed E-state index contributed by atoms with van der Waals surface area (Å²) in [4.78, 5) is 33.5. The molecule has 0 atom stereocenters. The van der Waals surface area contributed by atoms with Crippen molar-refractivity contribution in [2.75, 3.05) is 6.54 Å². The maximum Gasteiger partial charge on any atom is 0.261 e. The third kappa shape index (κ3) is 4.30. The van der Waals surface area contributed by atoms with Gasteiger partial charge in [-0.15, -0.1) is 11.3 Å². The molecule has 8 nitrogen and oxygen atoms in total. The van der Waals surface area contributed by atoms with Gasteiger partial charge in [0.05, 0.1) is 28.6 Å². The Kier molecular flexibility index (Phi) is 5.71. The molecule has 30 heavy (non-hydrogen) atoms. The summed E-state index contributed by atoms with van der Waals surface area (Å²) >= 11 is 1.53. The van der Waals surface area contributed by atoms with E-state index in [1.165, 1.54) is 22.2 Å². The average molecular weight is 423 g/mol. The second-order valence-electron chi connectivity index (χ2n) is 7.07. The van der Waals surface area contributed by atoms with E-state index in [-0.39, 0.29) is 17.9 Å². The number of para-hydroxylation sites is 1. The zero-order valence-electron chi connectivity index (χ0n) is 16.8. The van der Waals surface area contributed by atoms with Gasteiger partial charge in [-0.2, -0.15) is 5.10 Å². The van der Waals surface area contributed by atoms with Gasteiger partial charge >= 0.3 is 0 Å². The van der Waals surface area contributed by atoms with Crippen LogP contribution in [0.15, 0.2) is 46.8 Å². The Morgan fingerprint density at radius 1 is 1.23 bits per heavy atom. The van der Waals surface area contributed by atoms with E-state index in [0.717, 1.165) is 22.2 Å². The molecule has 0 spiro atoms. The minimum Gasteiger partial charge on any atom is -0.356 e. The summed E-state index contributed by atoms with van der Waals surface area (Å²) < 4.78 is 3.31. The summed E-state index contributed by atoms with van der Waals surface area (Å²) in [7, 11) is 0. The Hall–Kier alpha value is -3.33. The van der Waals surface area contributed by atoms with Crippen LogP contribution in [-0.2, 0) is 17.8 Å². The van der Waals surface area contributed by atoms with E-state index in [4.69, 9.17) is 0 Å². The molecule has 3 aromatic heterocycles. The highest BCUT2D eigenvalue weighted by molar-refractivity contribution is 7.12. The van der Waals surface area contributed by atoms with Crippen LogP contribution in [0, 0.1) is 13.8 Å². The molecule has 1 N–H and O–H groups in total. The fourth-order valence-electron chi connectivity index (χ4n) is 3.24. The van der Waals surface area contributed by atoms with Gasteiger partial charge in [-0.25, -0.2) is 14.6 Å². The van der Waals surface area contributed by atoms with Crippen LogP contribution in [0.4, 0.5) is 0 Å². The van der Waals surface area contributed by atoms with Crippen molar-refractivity contribution in [3.8, 4) is 5.13 Å². The Balaban J connectivity index is 1.28. The molecule has 0 unspecified atom stereocenters. The Labute approximate surface area is 177 Å². The van der Waals surface area contributed by atoms with Crippen LogP contribution in [0.25, 0.3) is 16.0 Å². The fraction of sp³-hybridized carbons (Fsp3) is 0.286. The summed E-state index contributed by atoms with van der Waals surface area (Å²) in [5, 5.41) is 10.7. The SMILES string of the molecule is Cc1cc(C)n(-c2nc(CCNC(=O)CCn3cnc4ccccc4c3=O)cs2)n1. The highest BCUT2D eigenvalue weighted by Gasteiger charge is 2.10. The smallest absolute Gasteiger partial charge is 0.261 e. The number of carbonyl (C=O) groups excluding carboxylic acids is 1. The number of fused-ring (bicyclic) bond motifs is 1. The first-order valence-electron chi connectivity index (χ1n) is 9.70. The number of rotatable bonds is 7. The lowest BCUT2D eigenvalue weighted by Crippen LogP contribution is -2.29. The van der Waals surface area contributed by atoms with Crippen LogP contribution >= 0.6 is 11.3 Å². The number of nitrogens with zero attached hydrogens (tertiary/aromatic N) is 5. The number of carbonyl (C=O) groups is 1. The molecule has 4 aromatic rings. The van der Waals surface area contributed by atoms with Crippen LogP contribution in [0.5, 0.6) is 0 Å². The van der Waals surface area contributed by atoms with E-state index in [1.54, 1.807) is 18.2 Å². The number of amides is 1. The zero-order valence-corrected chi connectivity index (χ0v) is 17.6. The first-order valence-corrected chi connectivity index (χ1v) is 10.6. The van der Waals surface area contributed by atoms with Gasteiger partial charge in [0.15, 0.2) is 0 Å². The average Bonchev–Trinajstić information content (AvgIpc) is 3.33. The quantitative estimate of drug-likeness (QED) is 0.494. The third-order valence-corrected chi connectivity index (χ3v) is 5.61. The molecule has 0 fully saturated rings. The Bertz CT molecular complexity index is 1260. The number of benzene rings is 1. The minimum absolute atomic E-state index is 0.107. The van der Waals surface area contributed by atoms with Gasteiger partial charge in [-0.1, -0.05) is 12.1 Å². The third-order valence-electron chi connectivity index (χ3n) is 4.75. The van der Waals surface area contributed by atoms with Gasteiger partial charge in [0.2, 0.25) is 11.0 Å². The molecule has 0 radical (unpaired) electrons. The minimum atomic E-state index is -0.132. The maximum atomic E-state index is 12.5. The lowest BCUT2D eigenvalue weighted by atomic mass is 10.2. The van der Waals surface area contributed by atoms with Crippen LogP contribution in [0.3, 0.4) is 0 Å². The molecule has 0 aliphatic heterocycles. The summed E-state index contributed by atoms with van der Waals surface area (Å²) in [6.07, 6.45) is 2.35. The largest absolute Gasteiger partial charge is 0.356 e. The van der Waals surface area contributed by atoms with Gasteiger partial charge < -0.3 is 5.32 Å². The summed E-state index contributed by atoms with van der Waals surface area (Å²) in [5.41, 5.74) is 3.44. The Morgan fingerprint density at radius 2 is 2.07 bits per heavy atom. The second kappa shape index (κ2) is 8.58. The molecule has 0 aliphatic rings. The Morgan fingerprint density at radius 3 is 2.87 bits per heavy atom. The molecule has 4 rings (SSSR count). The zero-order chi connectivity index (χ0) is 21.1. The highest BCUT2D eigenvalue weighted by atomic mass is 32.1. The molecular formula is C21H22N6O2S. The van der Waals surface area contributed by atoms with Crippen LogP contribution in [-0.4, -0.2) is 36.8 Å². The van der Waals surface area contributed by atoms with E-state index in [2.05, 4.69) is 20.4 Å². The van der Waals surface area contributed by atoms with Crippen molar-refractivity contribution in [3.05, 3.63) is 69.5 Å². The molecule has 0 aliphatic carbocycles. The second-order valence-corrected chi connectivity index (χ2v) is 7.91. The lowest BCUT2D eigenvalue weighted by Gasteiger charge is -2.07. The van der Waals surface area contributed by atoms with E-state index in [1.807, 2.05) is 36.0 Å². The predicted molar refractivity (Wildman–Crippen MR) is 116 cm³/mol. The molecule has 9 heteroatoms. The van der Waals surface area contributed by atoms with Crippen molar-refractivity contribution in [3.63, 3.8) is 0 Å². The van der Waals surface area contributed by atoms with E-state index >= 15 is 0 Å². The van der Waals surface area contributed by atoms with Gasteiger partial charge in [-0.05, 0) is 32.0 Å². The lowest BCUT2D eigenvalue weighted by molar-refractivity contribution is -0.121. The summed E-state index contributed by atoms with van der Waals surface area (Å²) in [6, 6.07) is 9.20. The molecule has 0 bridgehead atoms. The summed E-state index contributed by atoms with van der Waals surface area (Å²) in [6.45, 7) is 4.73. The van der Waals surface area contributed by atoms with Crippen LogP contribution in [0.1, 0.15) is 23.5 Å². The van der Waals surface area contributed by atoms with Crippen molar-refractivity contribution in [2.24, 2.45) is 0 Å². The standard InChI is InChI=1S/C21H22N6O2S/c1-14-11-15(2)27(25-14)21-24-16(12-30-21)7-9-22-19(28)8-10-26-13-23-18-6-4-3-5-17(18)20(26)29/h3-6,11-13H,7-10H2,1-2H3,(H,22,28). The van der Waals surface area contributed by atoms with Crippen molar-refractivity contribution in [1.82, 2.24) is 29.6 Å². The topological polar surface area (TPSA) is 94.7 Å². The van der Waals surface area contributed by atoms with Gasteiger partial charge in [0.1, 0.15) is 0 Å². The van der Waals surface area contributed by atoms with Crippen LogP contribution < -0.4 is 10.9 Å². The molecular weight excluding hydrogens is 400 g/mol. The highest BCUT2D eigenvalue weighted by Crippen LogP contribution is 2.17. The van der Waals surface area contributed by atoms with Crippen molar-refractivity contribution >= 4 is 28.1 Å². The molecule has 1 aromatic carbocycles. The molecule has 0 saturated carbocycles. The van der Waals surface area contributed by atoms with E-state index in [9.17, 15) is 9.59 Å². The molecule has 1 amide bonds. The molecule has 3 heterocycles. The number of thiazole rings is 1. The number of hydrogen-bond donors (Lipinski definition) is 1. The monoisotopic (exact) mass is 422 g/mol. The molecule has 154 valence electrons. The molecule has 0 saturated heterocycles. The number of aromatic nitrogens is 5. The van der Waals surface area contributed by atoms with Gasteiger partial charge in [-0.3, -0.25) is 14.2 Å². The number of hydrogen-bond acceptors (Lipinski definition) is 6. The number of nitrogens with one attached hydrogen (secondary N) is 1. The first-order chi connectivity index (χ1) is 14.5. The fourth-order valence-corrected chi connectivity index (χ4v) is 4.10.